The number of nitrogens with zero attached hydrogens (tertiary/aromatic N) is 3. The Morgan fingerprint density at radius 3 is 2.55 bits per heavy atom. The molecule has 0 radical (unpaired) electrons. The lowest BCUT2D eigenvalue weighted by molar-refractivity contribution is -0.131. The number of aliphatic hydroxyl groups is 1. The molecule has 1 amide bonds. The van der Waals surface area contributed by atoms with E-state index in [0.717, 1.165) is 31.7 Å². The molecule has 3 N–H and O–H groups in total. The highest BCUT2D eigenvalue weighted by atomic mass is 32.1. The summed E-state index contributed by atoms with van der Waals surface area (Å²) in [6.07, 6.45) is 0.413. The summed E-state index contributed by atoms with van der Waals surface area (Å²) in [5.74, 6) is 0.765. The predicted octanol–water partition coefficient (Wildman–Crippen LogP) is 2.25. The topological polar surface area (TPSA) is 80.2 Å². The lowest BCUT2D eigenvalue weighted by atomic mass is 10.00. The van der Waals surface area contributed by atoms with Gasteiger partial charge in [-0.3, -0.25) is 4.79 Å². The normalized spacial score (nSPS) is 16.7. The van der Waals surface area contributed by atoms with Crippen LogP contribution in [0.1, 0.15) is 25.8 Å². The molecule has 0 saturated carbocycles. The highest BCUT2D eigenvalue weighted by molar-refractivity contribution is 7.08. The lowest BCUT2D eigenvalue weighted by Gasteiger charge is -2.36. The summed E-state index contributed by atoms with van der Waals surface area (Å²) >= 11 is 1.56. The molecule has 1 fully saturated rings. The maximum Gasteiger partial charge on any atom is 0.224 e. The molecule has 168 valence electrons. The second-order valence-electron chi connectivity index (χ2n) is 7.86. The molecule has 1 aliphatic rings. The molecule has 2 aromatic rings. The highest BCUT2D eigenvalue weighted by Gasteiger charge is 2.24. The molecule has 2 heterocycles. The number of piperazine rings is 1. The smallest absolute Gasteiger partial charge is 0.224 e. The fourth-order valence-corrected chi connectivity index (χ4v) is 4.32. The average Bonchev–Trinajstić information content (AvgIpc) is 3.34. The second-order valence-corrected chi connectivity index (χ2v) is 8.64. The first-order chi connectivity index (χ1) is 15.0. The van der Waals surface area contributed by atoms with E-state index < -0.39 is 5.60 Å². The van der Waals surface area contributed by atoms with Crippen molar-refractivity contribution in [2.24, 2.45) is 4.99 Å². The van der Waals surface area contributed by atoms with Crippen molar-refractivity contribution < 1.29 is 9.90 Å². The van der Waals surface area contributed by atoms with Crippen molar-refractivity contribution in [1.82, 2.24) is 15.5 Å². The predicted molar refractivity (Wildman–Crippen MR) is 128 cm³/mol. The summed E-state index contributed by atoms with van der Waals surface area (Å²) in [6, 6.07) is 12.2. The largest absolute Gasteiger partial charge is 0.383 e. The number of carbonyl (C=O) groups is 1. The number of rotatable bonds is 8. The number of hydrogen-bond acceptors (Lipinski definition) is 5. The van der Waals surface area contributed by atoms with Gasteiger partial charge in [0.1, 0.15) is 5.60 Å². The van der Waals surface area contributed by atoms with E-state index in [1.54, 1.807) is 18.3 Å². The van der Waals surface area contributed by atoms with Gasteiger partial charge in [0.2, 0.25) is 5.91 Å². The van der Waals surface area contributed by atoms with Crippen LogP contribution in [-0.2, 0) is 10.4 Å². The Labute approximate surface area is 188 Å². The minimum atomic E-state index is -1.02. The minimum Gasteiger partial charge on any atom is -0.383 e. The quantitative estimate of drug-likeness (QED) is 0.431. The van der Waals surface area contributed by atoms with Gasteiger partial charge in [0.15, 0.2) is 5.96 Å². The number of carbonyl (C=O) groups excluding carboxylic acids is 1. The van der Waals surface area contributed by atoms with Crippen LogP contribution >= 0.6 is 11.3 Å². The number of hydrogen-bond donors (Lipinski definition) is 3. The number of aliphatic imine (C=N–C) groups is 1. The molecule has 3 rings (SSSR count). The van der Waals surface area contributed by atoms with Gasteiger partial charge >= 0.3 is 0 Å². The van der Waals surface area contributed by atoms with Gasteiger partial charge in [-0.1, -0.05) is 18.2 Å². The number of amides is 1. The summed E-state index contributed by atoms with van der Waals surface area (Å²) in [5, 5.41) is 20.9. The van der Waals surface area contributed by atoms with Crippen LogP contribution in [0, 0.1) is 0 Å². The fourth-order valence-electron chi connectivity index (χ4n) is 3.54. The van der Waals surface area contributed by atoms with Crippen molar-refractivity contribution >= 4 is 28.9 Å². The third-order valence-corrected chi connectivity index (χ3v) is 6.10. The molecule has 0 spiro atoms. The molecule has 1 saturated heterocycles. The summed E-state index contributed by atoms with van der Waals surface area (Å²) < 4.78 is 0. The van der Waals surface area contributed by atoms with Crippen LogP contribution in [0.2, 0.25) is 0 Å². The number of nitrogens with one attached hydrogen (secondary N) is 2. The molecule has 1 atom stereocenters. The van der Waals surface area contributed by atoms with Crippen molar-refractivity contribution in [3.8, 4) is 0 Å². The molecule has 31 heavy (non-hydrogen) atoms. The number of thiophene rings is 1. The Bertz CT molecular complexity index is 831. The maximum atomic E-state index is 12.6. The molecule has 1 aromatic carbocycles. The third kappa shape index (κ3) is 6.70. The number of anilines is 1. The average molecular weight is 444 g/mol. The molecule has 0 bridgehead atoms. The van der Waals surface area contributed by atoms with Crippen molar-refractivity contribution in [2.75, 3.05) is 50.7 Å². The van der Waals surface area contributed by atoms with Crippen molar-refractivity contribution in [3.63, 3.8) is 0 Å². The van der Waals surface area contributed by atoms with E-state index >= 15 is 0 Å². The summed E-state index contributed by atoms with van der Waals surface area (Å²) in [7, 11) is 0. The van der Waals surface area contributed by atoms with Crippen LogP contribution in [0.3, 0.4) is 0 Å². The maximum absolute atomic E-state index is 12.6. The van der Waals surface area contributed by atoms with E-state index in [1.165, 1.54) is 5.69 Å². The van der Waals surface area contributed by atoms with Gasteiger partial charge in [-0.2, -0.15) is 11.3 Å². The molecule has 1 aliphatic heterocycles. The van der Waals surface area contributed by atoms with Gasteiger partial charge in [0.05, 0.1) is 6.54 Å². The summed E-state index contributed by atoms with van der Waals surface area (Å²) in [4.78, 5) is 21.4. The SMILES string of the molecule is CCNC(=NCC(C)(O)c1ccsc1)NCCC(=O)N1CCN(c2ccccc2)CC1. The Morgan fingerprint density at radius 1 is 1.16 bits per heavy atom. The molecular weight excluding hydrogens is 410 g/mol. The number of para-hydroxylation sites is 1. The molecular formula is C23H33N5O2S. The van der Waals surface area contributed by atoms with Gasteiger partial charge in [-0.15, -0.1) is 0 Å². The van der Waals surface area contributed by atoms with Crippen LogP contribution in [0.4, 0.5) is 5.69 Å². The minimum absolute atomic E-state index is 0.154. The van der Waals surface area contributed by atoms with Crippen LogP contribution in [-0.4, -0.2) is 67.7 Å². The lowest BCUT2D eigenvalue weighted by Crippen LogP contribution is -2.49. The van der Waals surface area contributed by atoms with E-state index in [0.29, 0.717) is 25.5 Å². The van der Waals surface area contributed by atoms with E-state index in [1.807, 2.05) is 46.8 Å². The van der Waals surface area contributed by atoms with Crippen molar-refractivity contribution in [2.45, 2.75) is 25.9 Å². The number of guanidine groups is 1. The van der Waals surface area contributed by atoms with E-state index in [2.05, 4.69) is 32.7 Å². The summed E-state index contributed by atoms with van der Waals surface area (Å²) in [5.41, 5.74) is 1.05. The first-order valence-corrected chi connectivity index (χ1v) is 11.8. The molecule has 0 aliphatic carbocycles. The second kappa shape index (κ2) is 11.2. The Hall–Kier alpha value is -2.58. The Kier molecular flexibility index (Phi) is 8.31. The van der Waals surface area contributed by atoms with Crippen LogP contribution in [0.25, 0.3) is 0 Å². The zero-order valence-electron chi connectivity index (χ0n) is 18.4. The molecule has 1 unspecified atom stereocenters. The molecule has 1 aromatic heterocycles. The zero-order valence-corrected chi connectivity index (χ0v) is 19.2. The van der Waals surface area contributed by atoms with Crippen LogP contribution < -0.4 is 15.5 Å². The van der Waals surface area contributed by atoms with Crippen LogP contribution in [0.15, 0.2) is 52.2 Å². The van der Waals surface area contributed by atoms with Crippen LogP contribution in [0.5, 0.6) is 0 Å². The zero-order chi connectivity index (χ0) is 22.1. The van der Waals surface area contributed by atoms with Gasteiger partial charge in [-0.25, -0.2) is 4.99 Å². The fraction of sp³-hybridized carbons (Fsp3) is 0.478. The van der Waals surface area contributed by atoms with E-state index in [9.17, 15) is 9.90 Å². The first kappa shape index (κ1) is 23.1. The summed E-state index contributed by atoms with van der Waals surface area (Å²) in [6.45, 7) is 8.40. The molecule has 8 heteroatoms. The van der Waals surface area contributed by atoms with Gasteiger partial charge in [0.25, 0.3) is 0 Å². The van der Waals surface area contributed by atoms with Crippen molar-refractivity contribution in [1.29, 1.82) is 0 Å². The number of benzene rings is 1. The van der Waals surface area contributed by atoms with Gasteiger partial charge in [0, 0.05) is 51.4 Å². The van der Waals surface area contributed by atoms with Crippen molar-refractivity contribution in [3.05, 3.63) is 52.7 Å². The third-order valence-electron chi connectivity index (χ3n) is 5.42. The van der Waals surface area contributed by atoms with E-state index in [4.69, 9.17) is 0 Å². The first-order valence-electron chi connectivity index (χ1n) is 10.8. The van der Waals surface area contributed by atoms with Gasteiger partial charge < -0.3 is 25.5 Å². The van der Waals surface area contributed by atoms with Gasteiger partial charge in [-0.05, 0) is 48.4 Å². The molecule has 7 nitrogen and oxygen atoms in total. The van der Waals surface area contributed by atoms with E-state index in [-0.39, 0.29) is 12.5 Å². The Morgan fingerprint density at radius 2 is 1.90 bits per heavy atom. The Balaban J connectivity index is 1.43. The standard InChI is InChI=1S/C23H33N5O2S/c1-3-24-22(26-18-23(2,30)19-10-16-31-17-19)25-11-9-21(29)28-14-12-27(13-15-28)20-7-5-4-6-8-20/h4-8,10,16-17,30H,3,9,11-15,18H2,1-2H3,(H2,24,25,26). The highest BCUT2D eigenvalue weighted by Crippen LogP contribution is 2.23. The monoisotopic (exact) mass is 443 g/mol.